The lowest BCUT2D eigenvalue weighted by atomic mass is 9.92. The third-order valence-electron chi connectivity index (χ3n) is 3.75. The van der Waals surface area contributed by atoms with Crippen LogP contribution in [0.1, 0.15) is 31.9 Å². The van der Waals surface area contributed by atoms with E-state index in [4.69, 9.17) is 0 Å². The van der Waals surface area contributed by atoms with Crippen LogP contribution in [0.25, 0.3) is 4.96 Å². The van der Waals surface area contributed by atoms with Gasteiger partial charge in [0.15, 0.2) is 0 Å². The molecule has 1 N–H and O–H groups in total. The minimum atomic E-state index is -0.132. The predicted molar refractivity (Wildman–Crippen MR) is 78.6 cm³/mol. The lowest BCUT2D eigenvalue weighted by Gasteiger charge is -2.36. The van der Waals surface area contributed by atoms with Crippen LogP contribution >= 0.6 is 11.3 Å². The van der Waals surface area contributed by atoms with Crippen molar-refractivity contribution in [2.24, 2.45) is 0 Å². The maximum Gasteiger partial charge on any atom is 0.275 e. The van der Waals surface area contributed by atoms with Crippen molar-refractivity contribution in [1.29, 1.82) is 0 Å². The maximum atomic E-state index is 12.0. The quantitative estimate of drug-likeness (QED) is 0.893. The predicted octanol–water partition coefficient (Wildman–Crippen LogP) is 1.06. The van der Waals surface area contributed by atoms with Gasteiger partial charge >= 0.3 is 0 Å². The normalized spacial score (nSPS) is 15.5. The Morgan fingerprint density at radius 2 is 2.35 bits per heavy atom. The molecule has 0 saturated heterocycles. The summed E-state index contributed by atoms with van der Waals surface area (Å²) in [5, 5.41) is 14.4. The molecule has 1 fully saturated rings. The Morgan fingerprint density at radius 1 is 1.55 bits per heavy atom. The van der Waals surface area contributed by atoms with E-state index in [0.29, 0.717) is 17.5 Å². The largest absolute Gasteiger partial charge is 0.395 e. The summed E-state index contributed by atoms with van der Waals surface area (Å²) >= 11 is 1.42. The summed E-state index contributed by atoms with van der Waals surface area (Å²) in [6.07, 6.45) is 4.20. The molecule has 20 heavy (non-hydrogen) atoms. The van der Waals surface area contributed by atoms with Gasteiger partial charge in [0.2, 0.25) is 10.1 Å². The van der Waals surface area contributed by atoms with Gasteiger partial charge in [-0.15, -0.1) is 5.10 Å². The van der Waals surface area contributed by atoms with Gasteiger partial charge in [-0.2, -0.15) is 4.52 Å². The highest BCUT2D eigenvalue weighted by Gasteiger charge is 2.27. The molecule has 0 aliphatic heterocycles. The molecule has 0 atom stereocenters. The number of rotatable bonds is 5. The first kappa shape index (κ1) is 13.5. The van der Waals surface area contributed by atoms with Crippen LogP contribution in [0.4, 0.5) is 5.13 Å². The number of anilines is 1. The summed E-state index contributed by atoms with van der Waals surface area (Å²) in [7, 11) is 0. The number of nitrogens with zero attached hydrogens (tertiary/aromatic N) is 4. The second-order valence-corrected chi connectivity index (χ2v) is 5.95. The number of aliphatic hydroxyl groups excluding tert-OH is 1. The Kier molecular flexibility index (Phi) is 3.71. The van der Waals surface area contributed by atoms with Crippen LogP contribution in [0, 0.1) is 0 Å². The SMILES string of the molecule is CCc1cc(=O)n2nc(N(CCO)C3CCC3)sc2n1. The molecule has 0 unspecified atom stereocenters. The van der Waals surface area contributed by atoms with E-state index in [1.54, 1.807) is 0 Å². The van der Waals surface area contributed by atoms with Gasteiger partial charge in [0.25, 0.3) is 5.56 Å². The molecule has 7 heteroatoms. The highest BCUT2D eigenvalue weighted by atomic mass is 32.1. The molecule has 0 spiro atoms. The van der Waals surface area contributed by atoms with E-state index in [2.05, 4.69) is 15.0 Å². The summed E-state index contributed by atoms with van der Waals surface area (Å²) in [5.41, 5.74) is 0.662. The molecule has 2 heterocycles. The highest BCUT2D eigenvalue weighted by Crippen LogP contribution is 2.31. The number of aryl methyl sites for hydroxylation is 1. The van der Waals surface area contributed by atoms with Crippen molar-refractivity contribution in [3.05, 3.63) is 22.1 Å². The zero-order valence-electron chi connectivity index (χ0n) is 11.4. The van der Waals surface area contributed by atoms with Gasteiger partial charge in [-0.05, 0) is 25.7 Å². The van der Waals surface area contributed by atoms with Crippen molar-refractivity contribution >= 4 is 21.4 Å². The molecule has 1 aliphatic rings. The zero-order valence-corrected chi connectivity index (χ0v) is 12.3. The van der Waals surface area contributed by atoms with Gasteiger partial charge < -0.3 is 10.0 Å². The molecule has 0 amide bonds. The van der Waals surface area contributed by atoms with Crippen LogP contribution < -0.4 is 10.5 Å². The van der Waals surface area contributed by atoms with Gasteiger partial charge in [-0.1, -0.05) is 18.3 Å². The topological polar surface area (TPSA) is 70.7 Å². The summed E-state index contributed by atoms with van der Waals surface area (Å²) in [6.45, 7) is 2.63. The summed E-state index contributed by atoms with van der Waals surface area (Å²) < 4.78 is 1.36. The molecule has 2 aromatic rings. The molecule has 0 bridgehead atoms. The molecular weight excluding hydrogens is 276 g/mol. The number of hydrogen-bond acceptors (Lipinski definition) is 6. The summed E-state index contributed by atoms with van der Waals surface area (Å²) in [4.78, 5) is 19.2. The maximum absolute atomic E-state index is 12.0. The van der Waals surface area contributed by atoms with Crippen molar-refractivity contribution in [3.63, 3.8) is 0 Å². The smallest absolute Gasteiger partial charge is 0.275 e. The zero-order chi connectivity index (χ0) is 14.1. The fourth-order valence-corrected chi connectivity index (χ4v) is 3.41. The van der Waals surface area contributed by atoms with E-state index in [0.717, 1.165) is 30.1 Å². The molecule has 0 aromatic carbocycles. The first-order chi connectivity index (χ1) is 9.72. The third-order valence-corrected chi connectivity index (χ3v) is 4.70. The molecule has 108 valence electrons. The second-order valence-electron chi connectivity index (χ2n) is 5.02. The Balaban J connectivity index is 2.02. The third kappa shape index (κ3) is 2.31. The fourth-order valence-electron chi connectivity index (χ4n) is 2.38. The van der Waals surface area contributed by atoms with Crippen molar-refractivity contribution in [2.75, 3.05) is 18.1 Å². The molecule has 1 aliphatic carbocycles. The minimum absolute atomic E-state index is 0.0922. The average molecular weight is 294 g/mol. The van der Waals surface area contributed by atoms with Crippen molar-refractivity contribution in [2.45, 2.75) is 38.6 Å². The van der Waals surface area contributed by atoms with Crippen molar-refractivity contribution in [3.8, 4) is 0 Å². The van der Waals surface area contributed by atoms with E-state index in [9.17, 15) is 9.90 Å². The molecule has 1 saturated carbocycles. The fraction of sp³-hybridized carbons (Fsp3) is 0.615. The van der Waals surface area contributed by atoms with Crippen molar-refractivity contribution in [1.82, 2.24) is 14.6 Å². The van der Waals surface area contributed by atoms with Gasteiger partial charge in [-0.25, -0.2) is 4.98 Å². The Bertz CT molecular complexity index is 662. The molecule has 0 radical (unpaired) electrons. The summed E-state index contributed by atoms with van der Waals surface area (Å²) in [5.74, 6) is 0. The van der Waals surface area contributed by atoms with Crippen LogP contribution in [0.3, 0.4) is 0 Å². The summed E-state index contributed by atoms with van der Waals surface area (Å²) in [6, 6.07) is 1.97. The number of aliphatic hydroxyl groups is 1. The van der Waals surface area contributed by atoms with Gasteiger partial charge in [0, 0.05) is 24.3 Å². The van der Waals surface area contributed by atoms with E-state index in [1.165, 1.54) is 28.3 Å². The van der Waals surface area contributed by atoms with Gasteiger partial charge in [0.1, 0.15) is 0 Å². The Hall–Kier alpha value is -1.47. The lowest BCUT2D eigenvalue weighted by molar-refractivity contribution is 0.283. The molecular formula is C13H18N4O2S. The first-order valence-corrected chi connectivity index (χ1v) is 7.82. The Morgan fingerprint density at radius 3 is 2.95 bits per heavy atom. The van der Waals surface area contributed by atoms with Crippen molar-refractivity contribution < 1.29 is 5.11 Å². The second kappa shape index (κ2) is 5.49. The standard InChI is InChI=1S/C13H18N4O2S/c1-2-9-8-11(19)17-12(14-9)20-13(15-17)16(6-7-18)10-4-3-5-10/h8,10,18H,2-7H2,1H3. The lowest BCUT2D eigenvalue weighted by Crippen LogP contribution is -2.42. The molecule has 6 nitrogen and oxygen atoms in total. The van der Waals surface area contributed by atoms with Crippen LogP contribution in [0.2, 0.25) is 0 Å². The van der Waals surface area contributed by atoms with Crippen LogP contribution in [0.15, 0.2) is 10.9 Å². The minimum Gasteiger partial charge on any atom is -0.395 e. The van der Waals surface area contributed by atoms with Crippen LogP contribution in [-0.2, 0) is 6.42 Å². The molecule has 3 rings (SSSR count). The van der Waals surface area contributed by atoms with E-state index >= 15 is 0 Å². The Labute approximate surface area is 120 Å². The monoisotopic (exact) mass is 294 g/mol. The molecule has 2 aromatic heterocycles. The number of aromatic nitrogens is 3. The van der Waals surface area contributed by atoms with E-state index in [-0.39, 0.29) is 12.2 Å². The van der Waals surface area contributed by atoms with E-state index < -0.39 is 0 Å². The van der Waals surface area contributed by atoms with Gasteiger partial charge in [-0.3, -0.25) is 4.79 Å². The average Bonchev–Trinajstić information content (AvgIpc) is 2.80. The first-order valence-electron chi connectivity index (χ1n) is 7.00. The van der Waals surface area contributed by atoms with Gasteiger partial charge in [0.05, 0.1) is 6.61 Å². The van der Waals surface area contributed by atoms with Crippen LogP contribution in [0.5, 0.6) is 0 Å². The van der Waals surface area contributed by atoms with Crippen LogP contribution in [-0.4, -0.2) is 38.9 Å². The number of hydrogen-bond donors (Lipinski definition) is 1. The van der Waals surface area contributed by atoms with E-state index in [1.807, 2.05) is 6.92 Å². The highest BCUT2D eigenvalue weighted by molar-refractivity contribution is 7.20. The number of fused-ring (bicyclic) bond motifs is 1.